The van der Waals surface area contributed by atoms with E-state index in [2.05, 4.69) is 27.3 Å². The van der Waals surface area contributed by atoms with Gasteiger partial charge < -0.3 is 19.7 Å². The van der Waals surface area contributed by atoms with Gasteiger partial charge in [0, 0.05) is 36.1 Å². The van der Waals surface area contributed by atoms with Gasteiger partial charge in [0.2, 0.25) is 5.91 Å². The molecule has 3 rings (SSSR count). The summed E-state index contributed by atoms with van der Waals surface area (Å²) in [5.74, 6) is 1.76. The number of amides is 1. The lowest BCUT2D eigenvalue weighted by Gasteiger charge is -2.17. The number of benzene rings is 2. The molecule has 1 amide bonds. The summed E-state index contributed by atoms with van der Waals surface area (Å²) in [5, 5.41) is 3.46. The standard InChI is InChI=1S/C22H27BrN2O3/c1-27-20-14-19(23)13-18(22(20)28-16-17-7-3-2-4-8-17)15-24-10-6-12-25-11-5-9-21(25)26/h2-4,7-8,13-14,24H,5-6,9-12,15-16H2,1H3. The van der Waals surface area contributed by atoms with E-state index in [1.54, 1.807) is 7.11 Å². The lowest BCUT2D eigenvalue weighted by atomic mass is 10.1. The zero-order valence-corrected chi connectivity index (χ0v) is 17.8. The molecule has 150 valence electrons. The molecule has 28 heavy (non-hydrogen) atoms. The maximum atomic E-state index is 11.7. The number of ether oxygens (including phenoxy) is 2. The van der Waals surface area contributed by atoms with Crippen LogP contribution in [0.1, 0.15) is 30.4 Å². The van der Waals surface area contributed by atoms with Crippen LogP contribution < -0.4 is 14.8 Å². The van der Waals surface area contributed by atoms with Gasteiger partial charge in [-0.3, -0.25) is 4.79 Å². The normalized spacial score (nSPS) is 13.8. The van der Waals surface area contributed by atoms with Crippen molar-refractivity contribution in [3.63, 3.8) is 0 Å². The molecule has 0 radical (unpaired) electrons. The van der Waals surface area contributed by atoms with Crippen molar-refractivity contribution in [2.75, 3.05) is 26.7 Å². The fraction of sp³-hybridized carbons (Fsp3) is 0.409. The van der Waals surface area contributed by atoms with Crippen molar-refractivity contribution in [1.29, 1.82) is 0 Å². The zero-order chi connectivity index (χ0) is 19.8. The minimum Gasteiger partial charge on any atom is -0.493 e. The molecule has 6 heteroatoms. The van der Waals surface area contributed by atoms with Crippen LogP contribution in [0.15, 0.2) is 46.9 Å². The zero-order valence-electron chi connectivity index (χ0n) is 16.2. The Hall–Kier alpha value is -2.05. The third kappa shape index (κ3) is 5.72. The molecule has 0 aromatic heterocycles. The van der Waals surface area contributed by atoms with E-state index in [1.165, 1.54) is 0 Å². The highest BCUT2D eigenvalue weighted by Gasteiger charge is 2.19. The van der Waals surface area contributed by atoms with E-state index < -0.39 is 0 Å². The number of methoxy groups -OCH3 is 1. The summed E-state index contributed by atoms with van der Waals surface area (Å²) in [4.78, 5) is 13.6. The first-order chi connectivity index (χ1) is 13.7. The lowest BCUT2D eigenvalue weighted by Crippen LogP contribution is -2.28. The smallest absolute Gasteiger partial charge is 0.222 e. The highest BCUT2D eigenvalue weighted by Crippen LogP contribution is 2.35. The molecule has 1 N–H and O–H groups in total. The second-order valence-electron chi connectivity index (χ2n) is 6.89. The van der Waals surface area contributed by atoms with Gasteiger partial charge in [-0.15, -0.1) is 0 Å². The molecule has 0 saturated carbocycles. The van der Waals surface area contributed by atoms with E-state index in [4.69, 9.17) is 9.47 Å². The summed E-state index contributed by atoms with van der Waals surface area (Å²) >= 11 is 3.55. The first-order valence-electron chi connectivity index (χ1n) is 9.69. The molecule has 1 saturated heterocycles. The molecule has 1 aliphatic heterocycles. The minimum absolute atomic E-state index is 0.285. The van der Waals surface area contributed by atoms with Crippen molar-refractivity contribution >= 4 is 21.8 Å². The van der Waals surface area contributed by atoms with E-state index >= 15 is 0 Å². The Kier molecular flexibility index (Phi) is 7.74. The van der Waals surface area contributed by atoms with Gasteiger partial charge in [-0.2, -0.15) is 0 Å². The molecule has 0 bridgehead atoms. The Morgan fingerprint density at radius 2 is 2.04 bits per heavy atom. The average Bonchev–Trinajstić information content (AvgIpc) is 3.12. The van der Waals surface area contributed by atoms with E-state index in [-0.39, 0.29) is 5.91 Å². The monoisotopic (exact) mass is 446 g/mol. The van der Waals surface area contributed by atoms with Crippen molar-refractivity contribution in [3.8, 4) is 11.5 Å². The van der Waals surface area contributed by atoms with Crippen molar-refractivity contribution < 1.29 is 14.3 Å². The van der Waals surface area contributed by atoms with Crippen molar-refractivity contribution in [2.24, 2.45) is 0 Å². The molecule has 5 nitrogen and oxygen atoms in total. The topological polar surface area (TPSA) is 50.8 Å². The van der Waals surface area contributed by atoms with Gasteiger partial charge in [-0.1, -0.05) is 46.3 Å². The molecule has 2 aromatic carbocycles. The third-order valence-corrected chi connectivity index (χ3v) is 5.27. The molecule has 0 spiro atoms. The lowest BCUT2D eigenvalue weighted by molar-refractivity contribution is -0.127. The maximum Gasteiger partial charge on any atom is 0.222 e. The number of carbonyl (C=O) groups is 1. The van der Waals surface area contributed by atoms with Gasteiger partial charge in [0.05, 0.1) is 7.11 Å². The van der Waals surface area contributed by atoms with Crippen LogP contribution in [-0.4, -0.2) is 37.6 Å². The number of rotatable bonds is 10. The minimum atomic E-state index is 0.285. The van der Waals surface area contributed by atoms with Crippen LogP contribution >= 0.6 is 15.9 Å². The second kappa shape index (κ2) is 10.5. The Morgan fingerprint density at radius 1 is 1.21 bits per heavy atom. The van der Waals surface area contributed by atoms with Crippen LogP contribution in [0, 0.1) is 0 Å². The van der Waals surface area contributed by atoms with Gasteiger partial charge in [-0.05, 0) is 37.1 Å². The molecule has 2 aromatic rings. The van der Waals surface area contributed by atoms with Gasteiger partial charge in [0.15, 0.2) is 11.5 Å². The SMILES string of the molecule is COc1cc(Br)cc(CNCCCN2CCCC2=O)c1OCc1ccccc1. The molecular formula is C22H27BrN2O3. The number of hydrogen-bond acceptors (Lipinski definition) is 4. The molecule has 1 heterocycles. The van der Waals surface area contributed by atoms with Crippen LogP contribution in [0.25, 0.3) is 0 Å². The summed E-state index contributed by atoms with van der Waals surface area (Å²) in [7, 11) is 1.65. The van der Waals surface area contributed by atoms with Gasteiger partial charge in [0.25, 0.3) is 0 Å². The largest absolute Gasteiger partial charge is 0.493 e. The third-order valence-electron chi connectivity index (χ3n) is 4.81. The Labute approximate surface area is 175 Å². The van der Waals surface area contributed by atoms with Crippen LogP contribution in [0.3, 0.4) is 0 Å². The Balaban J connectivity index is 1.57. The number of halogens is 1. The predicted molar refractivity (Wildman–Crippen MR) is 114 cm³/mol. The van der Waals surface area contributed by atoms with Gasteiger partial charge >= 0.3 is 0 Å². The van der Waals surface area contributed by atoms with E-state index in [1.807, 2.05) is 41.3 Å². The fourth-order valence-corrected chi connectivity index (χ4v) is 3.84. The van der Waals surface area contributed by atoms with Crippen molar-refractivity contribution in [1.82, 2.24) is 10.2 Å². The van der Waals surface area contributed by atoms with Crippen molar-refractivity contribution in [3.05, 3.63) is 58.1 Å². The first kappa shape index (κ1) is 20.7. The molecule has 1 fully saturated rings. The average molecular weight is 447 g/mol. The molecule has 0 aliphatic carbocycles. The number of nitrogens with zero attached hydrogens (tertiary/aromatic N) is 1. The number of likely N-dealkylation sites (tertiary alicyclic amines) is 1. The second-order valence-corrected chi connectivity index (χ2v) is 7.80. The van der Waals surface area contributed by atoms with E-state index in [0.717, 1.165) is 53.8 Å². The van der Waals surface area contributed by atoms with Crippen LogP contribution in [0.5, 0.6) is 11.5 Å². The van der Waals surface area contributed by atoms with Gasteiger partial charge in [-0.25, -0.2) is 0 Å². The fourth-order valence-electron chi connectivity index (χ4n) is 3.36. The van der Waals surface area contributed by atoms with Gasteiger partial charge in [0.1, 0.15) is 6.61 Å². The molecule has 0 atom stereocenters. The summed E-state index contributed by atoms with van der Waals surface area (Å²) in [6.07, 6.45) is 2.64. The highest BCUT2D eigenvalue weighted by atomic mass is 79.9. The summed E-state index contributed by atoms with van der Waals surface area (Å²) in [5.41, 5.74) is 2.15. The number of nitrogens with one attached hydrogen (secondary N) is 1. The Bertz CT molecular complexity index is 783. The van der Waals surface area contributed by atoms with Crippen LogP contribution in [0.2, 0.25) is 0 Å². The predicted octanol–water partition coefficient (Wildman–Crippen LogP) is 4.14. The quantitative estimate of drug-likeness (QED) is 0.557. The summed E-state index contributed by atoms with van der Waals surface area (Å²) < 4.78 is 12.6. The van der Waals surface area contributed by atoms with Crippen molar-refractivity contribution in [2.45, 2.75) is 32.4 Å². The summed E-state index contributed by atoms with van der Waals surface area (Å²) in [6, 6.07) is 14.1. The highest BCUT2D eigenvalue weighted by molar-refractivity contribution is 9.10. The number of carbonyl (C=O) groups excluding carboxylic acids is 1. The van der Waals surface area contributed by atoms with E-state index in [0.29, 0.717) is 25.3 Å². The van der Waals surface area contributed by atoms with Crippen LogP contribution in [-0.2, 0) is 17.9 Å². The maximum absolute atomic E-state index is 11.7. The number of hydrogen-bond donors (Lipinski definition) is 1. The first-order valence-corrected chi connectivity index (χ1v) is 10.5. The van der Waals surface area contributed by atoms with Crippen LogP contribution in [0.4, 0.5) is 0 Å². The Morgan fingerprint density at radius 3 is 2.75 bits per heavy atom. The molecule has 1 aliphatic rings. The molecule has 0 unspecified atom stereocenters. The summed E-state index contributed by atoms with van der Waals surface area (Å²) in [6.45, 7) is 3.73. The van der Waals surface area contributed by atoms with E-state index in [9.17, 15) is 4.79 Å². The molecular weight excluding hydrogens is 420 g/mol.